The summed E-state index contributed by atoms with van der Waals surface area (Å²) in [5.41, 5.74) is 0.918. The van der Waals surface area contributed by atoms with Crippen LogP contribution in [-0.2, 0) is 0 Å². The van der Waals surface area contributed by atoms with Crippen molar-refractivity contribution in [3.8, 4) is 23.3 Å². The molecule has 0 aliphatic heterocycles. The maximum atomic E-state index is 12.4. The van der Waals surface area contributed by atoms with Crippen molar-refractivity contribution in [1.82, 2.24) is 0 Å². The van der Waals surface area contributed by atoms with Crippen molar-refractivity contribution >= 4 is 11.9 Å². The number of carbonyl (C=O) groups excluding carboxylic acids is 1. The second-order valence-electron chi connectivity index (χ2n) is 4.64. The van der Waals surface area contributed by atoms with Crippen LogP contribution in [0.5, 0.6) is 17.2 Å². The van der Waals surface area contributed by atoms with Crippen molar-refractivity contribution in [3.05, 3.63) is 59.2 Å². The van der Waals surface area contributed by atoms with Gasteiger partial charge in [0.1, 0.15) is 11.6 Å². The number of Topliss-reactive ketones (excluding diaryl/α,β-unsaturated/α-hetero) is 1. The molecule has 0 aliphatic rings. The minimum atomic E-state index is -0.376. The van der Waals surface area contributed by atoms with E-state index >= 15 is 0 Å². The van der Waals surface area contributed by atoms with Crippen LogP contribution in [0.2, 0.25) is 0 Å². The normalized spacial score (nSPS) is 10.7. The summed E-state index contributed by atoms with van der Waals surface area (Å²) in [5, 5.41) is 19.2. The average molecular weight is 309 g/mol. The molecule has 0 aliphatic carbocycles. The fourth-order valence-corrected chi connectivity index (χ4v) is 2.06. The molecule has 5 heteroatoms. The highest BCUT2D eigenvalue weighted by Crippen LogP contribution is 2.37. The smallest absolute Gasteiger partial charge is 0.203 e. The molecule has 116 valence electrons. The topological polar surface area (TPSA) is 79.5 Å². The number of methoxy groups -OCH3 is 2. The standard InChI is InChI=1S/C18H15NO4/c1-22-15-9-12(10-16(23-2)18(15)21)8-14(11-19)17(20)13-6-4-3-5-7-13/h3-10,21H,1-2H3/b14-8-. The summed E-state index contributed by atoms with van der Waals surface area (Å²) in [6.07, 6.45) is 1.43. The minimum Gasteiger partial charge on any atom is -0.502 e. The van der Waals surface area contributed by atoms with Crippen LogP contribution in [0.4, 0.5) is 0 Å². The molecular formula is C18H15NO4. The molecule has 0 unspecified atom stereocenters. The number of benzene rings is 2. The summed E-state index contributed by atoms with van der Waals surface area (Å²) in [6, 6.07) is 13.5. The maximum absolute atomic E-state index is 12.4. The predicted octanol–water partition coefficient (Wildman–Crippen LogP) is 3.20. The van der Waals surface area contributed by atoms with Gasteiger partial charge in [-0.2, -0.15) is 5.26 Å². The van der Waals surface area contributed by atoms with Crippen molar-refractivity contribution in [3.63, 3.8) is 0 Å². The molecule has 0 spiro atoms. The summed E-state index contributed by atoms with van der Waals surface area (Å²) in [7, 11) is 2.81. The van der Waals surface area contributed by atoms with Crippen LogP contribution >= 0.6 is 0 Å². The summed E-state index contributed by atoms with van der Waals surface area (Å²) in [5.74, 6) is -0.126. The highest BCUT2D eigenvalue weighted by molar-refractivity contribution is 6.14. The van der Waals surface area contributed by atoms with E-state index in [4.69, 9.17) is 9.47 Å². The Balaban J connectivity index is 2.47. The highest BCUT2D eigenvalue weighted by Gasteiger charge is 2.14. The van der Waals surface area contributed by atoms with E-state index in [1.54, 1.807) is 30.3 Å². The number of aromatic hydroxyl groups is 1. The molecule has 0 fully saturated rings. The Morgan fingerprint density at radius 2 is 1.70 bits per heavy atom. The molecule has 0 atom stereocenters. The largest absolute Gasteiger partial charge is 0.502 e. The third-order valence-electron chi connectivity index (χ3n) is 3.21. The summed E-state index contributed by atoms with van der Waals surface area (Å²) in [6.45, 7) is 0. The molecule has 2 aromatic rings. The van der Waals surface area contributed by atoms with Crippen molar-refractivity contribution in [2.24, 2.45) is 0 Å². The van der Waals surface area contributed by atoms with E-state index in [9.17, 15) is 15.2 Å². The Labute approximate surface area is 134 Å². The molecule has 0 aromatic heterocycles. The minimum absolute atomic E-state index is 0.0222. The second kappa shape index (κ2) is 7.14. The number of ether oxygens (including phenoxy) is 2. The first-order chi connectivity index (χ1) is 11.1. The number of nitriles is 1. The summed E-state index contributed by atoms with van der Waals surface area (Å²) >= 11 is 0. The predicted molar refractivity (Wildman–Crippen MR) is 85.6 cm³/mol. The lowest BCUT2D eigenvalue weighted by Gasteiger charge is -2.09. The van der Waals surface area contributed by atoms with Crippen LogP contribution in [0, 0.1) is 11.3 Å². The van der Waals surface area contributed by atoms with Gasteiger partial charge < -0.3 is 14.6 Å². The van der Waals surface area contributed by atoms with Gasteiger partial charge in [0.05, 0.1) is 14.2 Å². The van der Waals surface area contributed by atoms with Crippen molar-refractivity contribution in [2.75, 3.05) is 14.2 Å². The van der Waals surface area contributed by atoms with E-state index in [2.05, 4.69) is 0 Å². The van der Waals surface area contributed by atoms with E-state index in [1.807, 2.05) is 6.07 Å². The molecule has 0 radical (unpaired) electrons. The molecular weight excluding hydrogens is 294 g/mol. The van der Waals surface area contributed by atoms with Gasteiger partial charge in [-0.15, -0.1) is 0 Å². The van der Waals surface area contributed by atoms with Crippen LogP contribution in [0.3, 0.4) is 0 Å². The summed E-state index contributed by atoms with van der Waals surface area (Å²) < 4.78 is 10.1. The third-order valence-corrected chi connectivity index (χ3v) is 3.21. The van der Waals surface area contributed by atoms with E-state index in [-0.39, 0.29) is 28.6 Å². The van der Waals surface area contributed by atoms with Crippen molar-refractivity contribution in [1.29, 1.82) is 5.26 Å². The van der Waals surface area contributed by atoms with Crippen molar-refractivity contribution < 1.29 is 19.4 Å². The Morgan fingerprint density at radius 3 is 2.17 bits per heavy atom. The van der Waals surface area contributed by atoms with E-state index < -0.39 is 0 Å². The van der Waals surface area contributed by atoms with Gasteiger partial charge in [-0.25, -0.2) is 0 Å². The van der Waals surface area contributed by atoms with Gasteiger partial charge >= 0.3 is 0 Å². The molecule has 0 saturated heterocycles. The maximum Gasteiger partial charge on any atom is 0.203 e. The number of nitrogens with zero attached hydrogens (tertiary/aromatic N) is 1. The molecule has 0 bridgehead atoms. The van der Waals surface area contributed by atoms with Gasteiger partial charge in [-0.05, 0) is 23.8 Å². The quantitative estimate of drug-likeness (QED) is 0.521. The second-order valence-corrected chi connectivity index (χ2v) is 4.64. The molecule has 0 amide bonds. The van der Waals surface area contributed by atoms with E-state index in [0.717, 1.165) is 0 Å². The van der Waals surface area contributed by atoms with Crippen LogP contribution in [0.1, 0.15) is 15.9 Å². The SMILES string of the molecule is COc1cc(/C=C(/C#N)C(=O)c2ccccc2)cc(OC)c1O. The zero-order valence-electron chi connectivity index (χ0n) is 12.7. The lowest BCUT2D eigenvalue weighted by molar-refractivity contribution is 0.104. The molecule has 2 rings (SSSR count). The Hall–Kier alpha value is -3.26. The monoisotopic (exact) mass is 309 g/mol. The Bertz CT molecular complexity index is 763. The van der Waals surface area contributed by atoms with Gasteiger partial charge in [0.2, 0.25) is 11.5 Å². The van der Waals surface area contributed by atoms with Crippen LogP contribution in [0.25, 0.3) is 6.08 Å². The Morgan fingerprint density at radius 1 is 1.13 bits per heavy atom. The lowest BCUT2D eigenvalue weighted by atomic mass is 10.0. The number of hydrogen-bond donors (Lipinski definition) is 1. The fraction of sp³-hybridized carbons (Fsp3) is 0.111. The first-order valence-corrected chi connectivity index (χ1v) is 6.77. The fourth-order valence-electron chi connectivity index (χ4n) is 2.06. The first-order valence-electron chi connectivity index (χ1n) is 6.77. The molecule has 0 saturated carbocycles. The van der Waals surface area contributed by atoms with Gasteiger partial charge in [0.25, 0.3) is 0 Å². The number of hydrogen-bond acceptors (Lipinski definition) is 5. The highest BCUT2D eigenvalue weighted by atomic mass is 16.5. The first kappa shape index (κ1) is 16.1. The number of phenolic OH excluding ortho intramolecular Hbond substituents is 1. The molecule has 0 heterocycles. The van der Waals surface area contributed by atoms with E-state index in [1.165, 1.54) is 32.4 Å². The van der Waals surface area contributed by atoms with E-state index in [0.29, 0.717) is 11.1 Å². The number of carbonyl (C=O) groups is 1. The molecule has 2 aromatic carbocycles. The molecule has 23 heavy (non-hydrogen) atoms. The van der Waals surface area contributed by atoms with Gasteiger partial charge in [0, 0.05) is 5.56 Å². The molecule has 5 nitrogen and oxygen atoms in total. The van der Waals surface area contributed by atoms with Gasteiger partial charge in [0.15, 0.2) is 11.5 Å². The van der Waals surface area contributed by atoms with Gasteiger partial charge in [-0.1, -0.05) is 30.3 Å². The summed E-state index contributed by atoms with van der Waals surface area (Å²) in [4.78, 5) is 12.4. The van der Waals surface area contributed by atoms with Crippen LogP contribution in [-0.4, -0.2) is 25.1 Å². The number of allylic oxidation sites excluding steroid dienone is 1. The number of ketones is 1. The zero-order chi connectivity index (χ0) is 16.8. The number of rotatable bonds is 5. The van der Waals surface area contributed by atoms with Crippen LogP contribution < -0.4 is 9.47 Å². The lowest BCUT2D eigenvalue weighted by Crippen LogP contribution is -2.01. The number of phenols is 1. The average Bonchev–Trinajstić information content (AvgIpc) is 2.60. The van der Waals surface area contributed by atoms with Gasteiger partial charge in [-0.3, -0.25) is 4.79 Å². The third kappa shape index (κ3) is 3.50. The molecule has 1 N–H and O–H groups in total. The Kier molecular flexibility index (Phi) is 5.00. The van der Waals surface area contributed by atoms with Crippen LogP contribution in [0.15, 0.2) is 48.0 Å². The zero-order valence-corrected chi connectivity index (χ0v) is 12.7. The van der Waals surface area contributed by atoms with Crippen molar-refractivity contribution in [2.45, 2.75) is 0 Å².